The smallest absolute Gasteiger partial charge is 0.258 e. The molecule has 0 aromatic carbocycles. The Kier molecular flexibility index (Phi) is 1.76. The summed E-state index contributed by atoms with van der Waals surface area (Å²) in [6, 6.07) is 0. The molecule has 2 aliphatic rings. The molecule has 0 saturated carbocycles. The second-order valence-corrected chi connectivity index (χ2v) is 2.88. The van der Waals surface area contributed by atoms with E-state index in [1.807, 2.05) is 18.4 Å². The maximum absolute atomic E-state index is 4.29. The fraction of sp³-hybridized carbons (Fsp3) is 0.444. The maximum Gasteiger partial charge on any atom is 0.318 e. The molecule has 0 aromatic heterocycles. The van der Waals surface area contributed by atoms with Gasteiger partial charge < -0.3 is 0 Å². The third-order valence-corrected chi connectivity index (χ3v) is 2.08. The van der Waals surface area contributed by atoms with Gasteiger partial charge in [0.05, 0.1) is 13.1 Å². The van der Waals surface area contributed by atoms with Crippen LogP contribution >= 0.6 is 0 Å². The SMILES string of the molecule is C1=CC=C(N2CCCC2)[N+]=C1. The minimum Gasteiger partial charge on any atom is -0.258 e. The quantitative estimate of drug-likeness (QED) is 0.540. The molecular weight excluding hydrogens is 136 g/mol. The lowest BCUT2D eigenvalue weighted by molar-refractivity contribution is 0.413. The van der Waals surface area contributed by atoms with Gasteiger partial charge in [-0.1, -0.05) is 11.1 Å². The summed E-state index contributed by atoms with van der Waals surface area (Å²) in [5, 5.41) is 0. The molecule has 0 spiro atoms. The van der Waals surface area contributed by atoms with Crippen LogP contribution in [-0.2, 0) is 0 Å². The van der Waals surface area contributed by atoms with E-state index in [4.69, 9.17) is 0 Å². The average molecular weight is 148 g/mol. The van der Waals surface area contributed by atoms with Gasteiger partial charge in [-0.3, -0.25) is 4.90 Å². The lowest BCUT2D eigenvalue weighted by Crippen LogP contribution is -2.22. The molecule has 0 aromatic rings. The van der Waals surface area contributed by atoms with E-state index in [1.165, 1.54) is 25.9 Å². The first-order valence-corrected chi connectivity index (χ1v) is 4.13. The molecule has 2 heterocycles. The summed E-state index contributed by atoms with van der Waals surface area (Å²) in [4.78, 5) is 6.62. The Morgan fingerprint density at radius 3 is 2.64 bits per heavy atom. The normalized spacial score (nSPS) is 22.5. The maximum atomic E-state index is 4.29. The van der Waals surface area contributed by atoms with E-state index in [9.17, 15) is 0 Å². The second-order valence-electron chi connectivity index (χ2n) is 2.88. The zero-order valence-corrected chi connectivity index (χ0v) is 6.53. The highest BCUT2D eigenvalue weighted by Crippen LogP contribution is 2.12. The Morgan fingerprint density at radius 1 is 1.18 bits per heavy atom. The Hall–Kier alpha value is -1.05. The number of nitrogens with zero attached hydrogens (tertiary/aromatic N) is 2. The lowest BCUT2D eigenvalue weighted by Gasteiger charge is -2.06. The van der Waals surface area contributed by atoms with Crippen LogP contribution in [0, 0.1) is 0 Å². The fourth-order valence-corrected chi connectivity index (χ4v) is 1.49. The molecule has 57 valence electrons. The van der Waals surface area contributed by atoms with Crippen LogP contribution in [0.4, 0.5) is 0 Å². The van der Waals surface area contributed by atoms with Crippen molar-refractivity contribution in [3.63, 3.8) is 0 Å². The molecule has 0 aliphatic carbocycles. The van der Waals surface area contributed by atoms with Gasteiger partial charge in [0.2, 0.25) is 0 Å². The van der Waals surface area contributed by atoms with Crippen molar-refractivity contribution >= 4 is 6.21 Å². The second kappa shape index (κ2) is 2.91. The van der Waals surface area contributed by atoms with E-state index in [0.29, 0.717) is 0 Å². The summed E-state index contributed by atoms with van der Waals surface area (Å²) in [5.74, 6) is 1.13. The predicted molar refractivity (Wildman–Crippen MR) is 46.2 cm³/mol. The van der Waals surface area contributed by atoms with Crippen molar-refractivity contribution in [2.45, 2.75) is 12.8 Å². The van der Waals surface area contributed by atoms with Crippen LogP contribution in [0.25, 0.3) is 0 Å². The fourth-order valence-electron chi connectivity index (χ4n) is 1.49. The summed E-state index contributed by atoms with van der Waals surface area (Å²) in [6.45, 7) is 2.36. The number of rotatable bonds is 1. The van der Waals surface area contributed by atoms with Crippen molar-refractivity contribution in [1.82, 2.24) is 9.89 Å². The van der Waals surface area contributed by atoms with Crippen LogP contribution in [-0.4, -0.2) is 24.2 Å². The molecule has 2 nitrogen and oxygen atoms in total. The summed E-state index contributed by atoms with van der Waals surface area (Å²) in [7, 11) is 0. The van der Waals surface area contributed by atoms with Gasteiger partial charge >= 0.3 is 5.82 Å². The third-order valence-electron chi connectivity index (χ3n) is 2.08. The summed E-state index contributed by atoms with van der Waals surface area (Å²) >= 11 is 0. The van der Waals surface area contributed by atoms with Crippen molar-refractivity contribution in [2.24, 2.45) is 0 Å². The molecule has 1 saturated heterocycles. The van der Waals surface area contributed by atoms with Crippen LogP contribution < -0.4 is 4.99 Å². The van der Waals surface area contributed by atoms with Gasteiger partial charge in [-0.05, 0) is 18.9 Å². The van der Waals surface area contributed by atoms with Gasteiger partial charge in [-0.25, -0.2) is 0 Å². The van der Waals surface area contributed by atoms with Crippen LogP contribution in [0.15, 0.2) is 24.0 Å². The largest absolute Gasteiger partial charge is 0.318 e. The van der Waals surface area contributed by atoms with Crippen molar-refractivity contribution < 1.29 is 0 Å². The number of hydrogen-bond donors (Lipinski definition) is 0. The summed E-state index contributed by atoms with van der Waals surface area (Å²) in [6.07, 6.45) is 10.6. The van der Waals surface area contributed by atoms with Gasteiger partial charge in [0.1, 0.15) is 6.21 Å². The highest BCUT2D eigenvalue weighted by Gasteiger charge is 2.22. The van der Waals surface area contributed by atoms with Crippen LogP contribution in [0.1, 0.15) is 12.8 Å². The minimum absolute atomic E-state index is 1.13. The standard InChI is InChI=1S/C9H12N2/c1-2-6-10-9(5-1)11-7-3-4-8-11/h1-2,5-6H,3-4,7-8H2/q+1. The molecule has 2 rings (SSSR count). The van der Waals surface area contributed by atoms with E-state index < -0.39 is 0 Å². The van der Waals surface area contributed by atoms with Crippen molar-refractivity contribution in [3.05, 3.63) is 24.0 Å². The predicted octanol–water partition coefficient (Wildman–Crippen LogP) is 0.900. The van der Waals surface area contributed by atoms with Crippen molar-refractivity contribution in [2.75, 3.05) is 13.1 Å². The Morgan fingerprint density at radius 2 is 2.00 bits per heavy atom. The Labute approximate surface area is 66.9 Å². The molecule has 11 heavy (non-hydrogen) atoms. The first kappa shape index (κ1) is 6.65. The molecule has 0 amide bonds. The lowest BCUT2D eigenvalue weighted by atomic mass is 10.4. The molecule has 1 fully saturated rings. The molecule has 1 radical (unpaired) electrons. The number of likely N-dealkylation sites (tertiary alicyclic amines) is 1. The number of aliphatic imine (C=N–C) groups is 1. The van der Waals surface area contributed by atoms with E-state index in [0.717, 1.165) is 5.82 Å². The molecule has 2 heteroatoms. The third kappa shape index (κ3) is 1.34. The summed E-state index contributed by atoms with van der Waals surface area (Å²) < 4.78 is 0. The summed E-state index contributed by atoms with van der Waals surface area (Å²) in [5.41, 5.74) is 0. The van der Waals surface area contributed by atoms with Crippen molar-refractivity contribution in [1.29, 1.82) is 0 Å². The molecule has 0 N–H and O–H groups in total. The van der Waals surface area contributed by atoms with Crippen LogP contribution in [0.5, 0.6) is 0 Å². The van der Waals surface area contributed by atoms with Crippen LogP contribution in [0.3, 0.4) is 0 Å². The van der Waals surface area contributed by atoms with Gasteiger partial charge in [0.25, 0.3) is 0 Å². The highest BCUT2D eigenvalue weighted by molar-refractivity contribution is 5.72. The number of allylic oxidation sites excluding steroid dienone is 3. The topological polar surface area (TPSA) is 17.3 Å². The zero-order chi connectivity index (χ0) is 7.52. The van der Waals surface area contributed by atoms with E-state index in [2.05, 4.69) is 16.0 Å². The average Bonchev–Trinajstić information content (AvgIpc) is 2.58. The minimum atomic E-state index is 1.13. The zero-order valence-electron chi connectivity index (χ0n) is 6.53. The van der Waals surface area contributed by atoms with E-state index >= 15 is 0 Å². The Bertz CT molecular complexity index is 220. The first-order chi connectivity index (χ1) is 5.47. The molecular formula is C9H12N2+. The van der Waals surface area contributed by atoms with Gasteiger partial charge in [0, 0.05) is 6.08 Å². The molecule has 0 atom stereocenters. The highest BCUT2D eigenvalue weighted by atomic mass is 15.2. The monoisotopic (exact) mass is 148 g/mol. The number of hydrogen-bond acceptors (Lipinski definition) is 2. The van der Waals surface area contributed by atoms with E-state index in [-0.39, 0.29) is 0 Å². The van der Waals surface area contributed by atoms with Gasteiger partial charge in [-0.2, -0.15) is 0 Å². The molecule has 2 aliphatic heterocycles. The Balaban J connectivity index is 2.09. The molecule has 0 unspecified atom stereocenters. The van der Waals surface area contributed by atoms with Gasteiger partial charge in [-0.15, -0.1) is 0 Å². The molecule has 0 bridgehead atoms. The van der Waals surface area contributed by atoms with E-state index in [1.54, 1.807) is 0 Å². The first-order valence-electron chi connectivity index (χ1n) is 4.13. The van der Waals surface area contributed by atoms with Gasteiger partial charge in [0.15, 0.2) is 0 Å². The van der Waals surface area contributed by atoms with Crippen LogP contribution in [0.2, 0.25) is 0 Å². The van der Waals surface area contributed by atoms with Crippen molar-refractivity contribution in [3.8, 4) is 0 Å².